The van der Waals surface area contributed by atoms with Gasteiger partial charge in [-0.15, -0.1) is 0 Å². The molecule has 0 aromatic heterocycles. The fraction of sp³-hybridized carbons (Fsp3) is 0.263. The first kappa shape index (κ1) is 16.3. The summed E-state index contributed by atoms with van der Waals surface area (Å²) in [6.07, 6.45) is 0.257. The summed E-state index contributed by atoms with van der Waals surface area (Å²) in [5, 5.41) is 2.92. The van der Waals surface area contributed by atoms with Crippen molar-refractivity contribution in [2.75, 3.05) is 25.3 Å². The maximum absolute atomic E-state index is 12.5. The minimum Gasteiger partial charge on any atom is -0.497 e. The largest absolute Gasteiger partial charge is 0.497 e. The first-order valence-corrected chi connectivity index (χ1v) is 8.29. The molecule has 1 saturated heterocycles. The molecule has 2 aromatic carbocycles. The zero-order valence-electron chi connectivity index (χ0n) is 14.2. The Balaban J connectivity index is 1.44. The number of nitrogens with zero attached hydrogens (tertiary/aromatic N) is 1. The lowest BCUT2D eigenvalue weighted by Crippen LogP contribution is -2.37. The topological polar surface area (TPSA) is 77.1 Å². The molecule has 4 rings (SSSR count). The lowest BCUT2D eigenvalue weighted by Gasteiger charge is -2.18. The standard InChI is InChI=1S/C19H18N2O5/c1-24-15-4-2-3-14(9-15)21-10-13(8-18(21)22)20-19(23)12-5-6-16-17(7-12)26-11-25-16/h2-7,9,13H,8,10-11H2,1H3,(H,20,23)/t13-/m0/s1. The second-order valence-electron chi connectivity index (χ2n) is 6.15. The van der Waals surface area contributed by atoms with Gasteiger partial charge in [-0.25, -0.2) is 0 Å². The van der Waals surface area contributed by atoms with E-state index in [9.17, 15) is 9.59 Å². The van der Waals surface area contributed by atoms with Gasteiger partial charge < -0.3 is 24.4 Å². The van der Waals surface area contributed by atoms with Crippen molar-refractivity contribution in [1.29, 1.82) is 0 Å². The van der Waals surface area contributed by atoms with Crippen molar-refractivity contribution in [3.8, 4) is 17.2 Å². The molecule has 0 unspecified atom stereocenters. The van der Waals surface area contributed by atoms with E-state index in [4.69, 9.17) is 14.2 Å². The monoisotopic (exact) mass is 354 g/mol. The fourth-order valence-electron chi connectivity index (χ4n) is 3.14. The number of rotatable bonds is 4. The molecule has 7 nitrogen and oxygen atoms in total. The van der Waals surface area contributed by atoms with Crippen molar-refractivity contribution in [2.45, 2.75) is 12.5 Å². The van der Waals surface area contributed by atoms with Crippen molar-refractivity contribution in [3.05, 3.63) is 48.0 Å². The summed E-state index contributed by atoms with van der Waals surface area (Å²) in [6, 6.07) is 12.1. The van der Waals surface area contributed by atoms with Gasteiger partial charge in [-0.1, -0.05) is 6.07 Å². The van der Waals surface area contributed by atoms with Gasteiger partial charge >= 0.3 is 0 Å². The average molecular weight is 354 g/mol. The lowest BCUT2D eigenvalue weighted by molar-refractivity contribution is -0.117. The van der Waals surface area contributed by atoms with Crippen LogP contribution in [0.3, 0.4) is 0 Å². The third-order valence-electron chi connectivity index (χ3n) is 4.46. The van der Waals surface area contributed by atoms with E-state index in [1.54, 1.807) is 36.3 Å². The molecule has 0 spiro atoms. The molecule has 2 aliphatic heterocycles. The minimum absolute atomic E-state index is 0.0331. The summed E-state index contributed by atoms with van der Waals surface area (Å²) < 4.78 is 15.7. The third-order valence-corrected chi connectivity index (χ3v) is 4.46. The summed E-state index contributed by atoms with van der Waals surface area (Å²) in [5.74, 6) is 1.59. The van der Waals surface area contributed by atoms with Crippen LogP contribution < -0.4 is 24.4 Å². The highest BCUT2D eigenvalue weighted by Crippen LogP contribution is 2.32. The second-order valence-corrected chi connectivity index (χ2v) is 6.15. The summed E-state index contributed by atoms with van der Waals surface area (Å²) in [4.78, 5) is 26.5. The molecule has 1 N–H and O–H groups in total. The Morgan fingerprint density at radius 1 is 1.19 bits per heavy atom. The van der Waals surface area contributed by atoms with Crippen LogP contribution in [-0.4, -0.2) is 38.3 Å². The van der Waals surface area contributed by atoms with E-state index in [0.29, 0.717) is 29.4 Å². The van der Waals surface area contributed by atoms with Crippen molar-refractivity contribution in [1.82, 2.24) is 5.32 Å². The fourth-order valence-corrected chi connectivity index (χ4v) is 3.14. The number of amides is 2. The van der Waals surface area contributed by atoms with Gasteiger partial charge in [0, 0.05) is 30.3 Å². The highest BCUT2D eigenvalue weighted by Gasteiger charge is 2.32. The van der Waals surface area contributed by atoms with Gasteiger partial charge in [0.25, 0.3) is 5.91 Å². The maximum atomic E-state index is 12.5. The number of hydrogen-bond acceptors (Lipinski definition) is 5. The van der Waals surface area contributed by atoms with E-state index >= 15 is 0 Å². The number of fused-ring (bicyclic) bond motifs is 1. The predicted octanol–water partition coefficient (Wildman–Crippen LogP) is 1.96. The zero-order valence-corrected chi connectivity index (χ0v) is 14.2. The number of benzene rings is 2. The van der Waals surface area contributed by atoms with E-state index < -0.39 is 0 Å². The number of nitrogens with one attached hydrogen (secondary N) is 1. The Hall–Kier alpha value is -3.22. The van der Waals surface area contributed by atoms with Gasteiger partial charge in [-0.05, 0) is 30.3 Å². The van der Waals surface area contributed by atoms with Crippen LogP contribution in [0.5, 0.6) is 17.2 Å². The SMILES string of the molecule is COc1cccc(N2C[C@@H](NC(=O)c3ccc4c(c3)OCO4)CC2=O)c1. The Kier molecular flexibility index (Phi) is 4.12. The molecule has 1 fully saturated rings. The Bertz CT molecular complexity index is 867. The van der Waals surface area contributed by atoms with Crippen LogP contribution in [0.15, 0.2) is 42.5 Å². The highest BCUT2D eigenvalue weighted by molar-refractivity contribution is 5.99. The molecule has 134 valence electrons. The van der Waals surface area contributed by atoms with E-state index in [2.05, 4.69) is 5.32 Å². The number of carbonyl (C=O) groups excluding carboxylic acids is 2. The maximum Gasteiger partial charge on any atom is 0.251 e. The number of carbonyl (C=O) groups is 2. The molecule has 26 heavy (non-hydrogen) atoms. The van der Waals surface area contributed by atoms with Crippen LogP contribution in [0.4, 0.5) is 5.69 Å². The Morgan fingerprint density at radius 3 is 2.88 bits per heavy atom. The van der Waals surface area contributed by atoms with Gasteiger partial charge in [-0.3, -0.25) is 9.59 Å². The van der Waals surface area contributed by atoms with E-state index in [-0.39, 0.29) is 31.1 Å². The summed E-state index contributed by atoms with van der Waals surface area (Å²) in [6.45, 7) is 0.579. The first-order valence-electron chi connectivity index (χ1n) is 8.29. The third kappa shape index (κ3) is 3.03. The van der Waals surface area contributed by atoms with Crippen LogP contribution in [0, 0.1) is 0 Å². The molecule has 0 bridgehead atoms. The lowest BCUT2D eigenvalue weighted by atomic mass is 10.1. The van der Waals surface area contributed by atoms with E-state index in [0.717, 1.165) is 5.69 Å². The van der Waals surface area contributed by atoms with Crippen LogP contribution >= 0.6 is 0 Å². The van der Waals surface area contributed by atoms with Gasteiger partial charge in [0.1, 0.15) is 5.75 Å². The molecule has 0 aliphatic carbocycles. The quantitative estimate of drug-likeness (QED) is 0.908. The minimum atomic E-state index is -0.258. The highest BCUT2D eigenvalue weighted by atomic mass is 16.7. The van der Waals surface area contributed by atoms with Crippen molar-refractivity contribution in [3.63, 3.8) is 0 Å². The van der Waals surface area contributed by atoms with E-state index in [1.807, 2.05) is 18.2 Å². The summed E-state index contributed by atoms with van der Waals surface area (Å²) in [7, 11) is 1.58. The zero-order chi connectivity index (χ0) is 18.1. The number of hydrogen-bond donors (Lipinski definition) is 1. The average Bonchev–Trinajstić information content (AvgIpc) is 3.27. The van der Waals surface area contributed by atoms with Crippen LogP contribution in [-0.2, 0) is 4.79 Å². The molecule has 1 atom stereocenters. The molecule has 0 radical (unpaired) electrons. The van der Waals surface area contributed by atoms with Crippen molar-refractivity contribution >= 4 is 17.5 Å². The van der Waals surface area contributed by atoms with Crippen LogP contribution in [0.2, 0.25) is 0 Å². The smallest absolute Gasteiger partial charge is 0.251 e. The number of anilines is 1. The van der Waals surface area contributed by atoms with Gasteiger partial charge in [0.15, 0.2) is 11.5 Å². The molecule has 0 saturated carbocycles. The predicted molar refractivity (Wildman–Crippen MR) is 93.8 cm³/mol. The van der Waals surface area contributed by atoms with Crippen molar-refractivity contribution in [2.24, 2.45) is 0 Å². The first-order chi connectivity index (χ1) is 12.6. The summed E-state index contributed by atoms with van der Waals surface area (Å²) in [5.41, 5.74) is 1.23. The molecule has 2 amide bonds. The number of ether oxygens (including phenoxy) is 3. The Morgan fingerprint density at radius 2 is 2.04 bits per heavy atom. The summed E-state index contributed by atoms with van der Waals surface area (Å²) >= 11 is 0. The van der Waals surface area contributed by atoms with Gasteiger partial charge in [-0.2, -0.15) is 0 Å². The Labute approximate surface area is 150 Å². The molecule has 2 heterocycles. The van der Waals surface area contributed by atoms with Gasteiger partial charge in [0.05, 0.1) is 13.2 Å². The molecular formula is C19H18N2O5. The molecule has 2 aromatic rings. The normalized spacial score (nSPS) is 18.1. The molecular weight excluding hydrogens is 336 g/mol. The van der Waals surface area contributed by atoms with Crippen molar-refractivity contribution < 1.29 is 23.8 Å². The van der Waals surface area contributed by atoms with Gasteiger partial charge in [0.2, 0.25) is 12.7 Å². The number of methoxy groups -OCH3 is 1. The van der Waals surface area contributed by atoms with E-state index in [1.165, 1.54) is 0 Å². The van der Waals surface area contributed by atoms with Crippen LogP contribution in [0.1, 0.15) is 16.8 Å². The molecule has 2 aliphatic rings. The van der Waals surface area contributed by atoms with Crippen LogP contribution in [0.25, 0.3) is 0 Å². The second kappa shape index (κ2) is 6.59. The molecule has 7 heteroatoms.